The zero-order valence-electron chi connectivity index (χ0n) is 11.9. The molecule has 0 fully saturated rings. The minimum absolute atomic E-state index is 0.302. The molecule has 0 bridgehead atoms. The van der Waals surface area contributed by atoms with E-state index < -0.39 is 0 Å². The maximum atomic E-state index is 13.9. The zero-order chi connectivity index (χ0) is 15.7. The van der Waals surface area contributed by atoms with Gasteiger partial charge in [-0.05, 0) is 25.1 Å². The van der Waals surface area contributed by atoms with Crippen LogP contribution in [-0.2, 0) is 6.54 Å². The van der Waals surface area contributed by atoms with E-state index in [1.807, 2.05) is 24.3 Å². The van der Waals surface area contributed by atoms with E-state index in [4.69, 9.17) is 0 Å². The number of anilines is 1. The molecule has 0 amide bonds. The minimum Gasteiger partial charge on any atom is -0.344 e. The van der Waals surface area contributed by atoms with Crippen molar-refractivity contribution >= 4 is 43.7 Å². The third kappa shape index (κ3) is 3.34. The average Bonchev–Trinajstić information content (AvgIpc) is 3.11. The van der Waals surface area contributed by atoms with E-state index in [1.165, 1.54) is 17.4 Å². The van der Waals surface area contributed by atoms with Crippen LogP contribution in [0.5, 0.6) is 0 Å². The lowest BCUT2D eigenvalue weighted by Crippen LogP contribution is -2.16. The first-order valence-electron chi connectivity index (χ1n) is 6.44. The summed E-state index contributed by atoms with van der Waals surface area (Å²) in [5.41, 5.74) is 1.45. The van der Waals surface area contributed by atoms with Crippen molar-refractivity contribution in [1.29, 1.82) is 0 Å². The monoisotopic (exact) mass is 398 g/mol. The molecule has 0 saturated heterocycles. The van der Waals surface area contributed by atoms with Gasteiger partial charge in [0, 0.05) is 22.5 Å². The predicted molar refractivity (Wildman–Crippen MR) is 92.0 cm³/mol. The molecule has 2 aromatic heterocycles. The van der Waals surface area contributed by atoms with E-state index in [9.17, 15) is 4.39 Å². The summed E-state index contributed by atoms with van der Waals surface area (Å²) < 4.78 is 14.7. The standard InChI is InChI=1S/C14H12BrFN4S2/c1-8-17-10(7-21-8)6-20(2)14-19-18-13(22-14)11-5-9(15)3-4-12(11)16/h3-5,7H,6H2,1-2H3. The van der Waals surface area contributed by atoms with Gasteiger partial charge in [-0.15, -0.1) is 21.5 Å². The Morgan fingerprint density at radius 3 is 2.86 bits per heavy atom. The number of thiazole rings is 1. The highest BCUT2D eigenvalue weighted by atomic mass is 79.9. The van der Waals surface area contributed by atoms with Gasteiger partial charge in [-0.1, -0.05) is 27.3 Å². The van der Waals surface area contributed by atoms with Crippen LogP contribution in [0.25, 0.3) is 10.6 Å². The van der Waals surface area contributed by atoms with E-state index in [2.05, 4.69) is 31.1 Å². The first kappa shape index (κ1) is 15.5. The Bertz CT molecular complexity index is 802. The molecule has 0 unspecified atom stereocenters. The van der Waals surface area contributed by atoms with Gasteiger partial charge < -0.3 is 4.90 Å². The van der Waals surface area contributed by atoms with Crippen molar-refractivity contribution in [3.05, 3.63) is 44.6 Å². The minimum atomic E-state index is -0.302. The van der Waals surface area contributed by atoms with Crippen LogP contribution in [0.2, 0.25) is 0 Å². The molecule has 0 saturated carbocycles. The van der Waals surface area contributed by atoms with Crippen LogP contribution in [0.4, 0.5) is 9.52 Å². The topological polar surface area (TPSA) is 41.9 Å². The Morgan fingerprint density at radius 2 is 2.14 bits per heavy atom. The van der Waals surface area contributed by atoms with Gasteiger partial charge in [0.15, 0.2) is 5.01 Å². The van der Waals surface area contributed by atoms with Gasteiger partial charge in [0.1, 0.15) is 5.82 Å². The lowest BCUT2D eigenvalue weighted by molar-refractivity contribution is 0.630. The summed E-state index contributed by atoms with van der Waals surface area (Å²) in [7, 11) is 1.93. The summed E-state index contributed by atoms with van der Waals surface area (Å²) in [4.78, 5) is 6.40. The summed E-state index contributed by atoms with van der Waals surface area (Å²) in [6.45, 7) is 2.63. The molecule has 0 N–H and O–H groups in total. The van der Waals surface area contributed by atoms with Crippen molar-refractivity contribution in [1.82, 2.24) is 15.2 Å². The second-order valence-electron chi connectivity index (χ2n) is 4.73. The van der Waals surface area contributed by atoms with E-state index in [1.54, 1.807) is 23.5 Å². The first-order valence-corrected chi connectivity index (χ1v) is 8.93. The summed E-state index contributed by atoms with van der Waals surface area (Å²) >= 11 is 6.33. The van der Waals surface area contributed by atoms with Gasteiger partial charge in [0.2, 0.25) is 5.13 Å². The largest absolute Gasteiger partial charge is 0.344 e. The predicted octanol–water partition coefficient (Wildman–Crippen LogP) is 4.51. The van der Waals surface area contributed by atoms with Crippen molar-refractivity contribution in [2.45, 2.75) is 13.5 Å². The van der Waals surface area contributed by atoms with Crippen LogP contribution < -0.4 is 4.90 Å². The summed E-state index contributed by atoms with van der Waals surface area (Å²) in [6.07, 6.45) is 0. The molecule has 0 aliphatic carbocycles. The smallest absolute Gasteiger partial charge is 0.208 e. The Morgan fingerprint density at radius 1 is 1.32 bits per heavy atom. The highest BCUT2D eigenvalue weighted by Crippen LogP contribution is 2.32. The molecule has 114 valence electrons. The summed E-state index contributed by atoms with van der Waals surface area (Å²) in [5.74, 6) is -0.302. The molecule has 2 heterocycles. The second-order valence-corrected chi connectivity index (χ2v) is 7.66. The maximum absolute atomic E-state index is 13.9. The highest BCUT2D eigenvalue weighted by molar-refractivity contribution is 9.10. The number of benzene rings is 1. The third-order valence-corrected chi connectivity index (χ3v) is 5.35. The summed E-state index contributed by atoms with van der Waals surface area (Å²) in [5, 5.41) is 12.6. The Kier molecular flexibility index (Phi) is 4.51. The Balaban J connectivity index is 1.82. The number of hydrogen-bond acceptors (Lipinski definition) is 6. The number of hydrogen-bond donors (Lipinski definition) is 0. The van der Waals surface area contributed by atoms with Crippen LogP contribution in [-0.4, -0.2) is 22.2 Å². The molecular formula is C14H12BrFN4S2. The SMILES string of the molecule is Cc1nc(CN(C)c2nnc(-c3cc(Br)ccc3F)s2)cs1. The van der Waals surface area contributed by atoms with Crippen LogP contribution in [0.15, 0.2) is 28.1 Å². The number of aryl methyl sites for hydroxylation is 1. The van der Waals surface area contributed by atoms with Crippen LogP contribution in [0, 0.1) is 12.7 Å². The van der Waals surface area contributed by atoms with Crippen molar-refractivity contribution in [3.63, 3.8) is 0 Å². The molecule has 1 aromatic carbocycles. The number of nitrogens with zero attached hydrogens (tertiary/aromatic N) is 4. The van der Waals surface area contributed by atoms with Crippen molar-refractivity contribution in [3.8, 4) is 10.6 Å². The molecule has 22 heavy (non-hydrogen) atoms. The molecule has 4 nitrogen and oxygen atoms in total. The quantitative estimate of drug-likeness (QED) is 0.648. The van der Waals surface area contributed by atoms with E-state index in [0.29, 0.717) is 17.1 Å². The molecule has 0 aliphatic heterocycles. The molecule has 0 aliphatic rings. The third-order valence-electron chi connectivity index (χ3n) is 2.97. The molecule has 0 spiro atoms. The Labute approximate surface area is 143 Å². The number of halogens is 2. The van der Waals surface area contributed by atoms with Gasteiger partial charge in [0.05, 0.1) is 17.2 Å². The van der Waals surface area contributed by atoms with Gasteiger partial charge in [-0.2, -0.15) is 0 Å². The second kappa shape index (κ2) is 6.39. The van der Waals surface area contributed by atoms with E-state index in [0.717, 1.165) is 20.3 Å². The average molecular weight is 399 g/mol. The lowest BCUT2D eigenvalue weighted by atomic mass is 10.2. The first-order chi connectivity index (χ1) is 10.5. The highest BCUT2D eigenvalue weighted by Gasteiger charge is 2.15. The molecule has 8 heteroatoms. The normalized spacial score (nSPS) is 10.9. The van der Waals surface area contributed by atoms with Gasteiger partial charge >= 0.3 is 0 Å². The van der Waals surface area contributed by atoms with Gasteiger partial charge in [0.25, 0.3) is 0 Å². The molecule has 3 rings (SSSR count). The fourth-order valence-corrected chi connectivity index (χ4v) is 3.72. The van der Waals surface area contributed by atoms with E-state index >= 15 is 0 Å². The lowest BCUT2D eigenvalue weighted by Gasteiger charge is -2.12. The van der Waals surface area contributed by atoms with Gasteiger partial charge in [-0.25, -0.2) is 9.37 Å². The molecular weight excluding hydrogens is 387 g/mol. The van der Waals surface area contributed by atoms with Crippen LogP contribution >= 0.6 is 38.6 Å². The number of aromatic nitrogens is 3. The zero-order valence-corrected chi connectivity index (χ0v) is 15.1. The van der Waals surface area contributed by atoms with Crippen molar-refractivity contribution < 1.29 is 4.39 Å². The van der Waals surface area contributed by atoms with Crippen LogP contribution in [0.3, 0.4) is 0 Å². The maximum Gasteiger partial charge on any atom is 0.208 e. The Hall–Kier alpha value is -1.38. The summed E-state index contributed by atoms with van der Waals surface area (Å²) in [6, 6.07) is 4.79. The molecule has 0 radical (unpaired) electrons. The number of rotatable bonds is 4. The van der Waals surface area contributed by atoms with E-state index in [-0.39, 0.29) is 5.82 Å². The molecule has 0 atom stereocenters. The fraction of sp³-hybridized carbons (Fsp3) is 0.214. The fourth-order valence-electron chi connectivity index (χ4n) is 1.93. The van der Waals surface area contributed by atoms with Gasteiger partial charge in [-0.3, -0.25) is 0 Å². The molecule has 3 aromatic rings. The van der Waals surface area contributed by atoms with Crippen molar-refractivity contribution in [2.24, 2.45) is 0 Å². The van der Waals surface area contributed by atoms with Crippen LogP contribution in [0.1, 0.15) is 10.7 Å². The van der Waals surface area contributed by atoms with Crippen molar-refractivity contribution in [2.75, 3.05) is 11.9 Å².